The van der Waals surface area contributed by atoms with E-state index in [1.807, 2.05) is 12.1 Å². The minimum absolute atomic E-state index is 0.0303. The van der Waals surface area contributed by atoms with Gasteiger partial charge in [0.05, 0.1) is 36.9 Å². The third kappa shape index (κ3) is 7.33. The number of aryl methyl sites for hydroxylation is 2. The van der Waals surface area contributed by atoms with Crippen molar-refractivity contribution in [1.29, 1.82) is 0 Å². The molecular weight excluding hydrogens is 718 g/mol. The molecule has 1 saturated carbocycles. The molecule has 2 N–H and O–H groups in total. The van der Waals surface area contributed by atoms with Gasteiger partial charge in [-0.25, -0.2) is 4.21 Å². The molecule has 14 heteroatoms. The Morgan fingerprint density at radius 3 is 2.74 bits per heavy atom. The van der Waals surface area contributed by atoms with E-state index in [4.69, 9.17) is 25.8 Å². The molecule has 1 aromatic heterocycles. The van der Waals surface area contributed by atoms with E-state index >= 15 is 0 Å². The second-order valence-electron chi connectivity index (χ2n) is 15.3. The van der Waals surface area contributed by atoms with E-state index in [0.717, 1.165) is 37.8 Å². The maximum absolute atomic E-state index is 14.7. The number of fused-ring (bicyclic) bond motifs is 4. The van der Waals surface area contributed by atoms with Crippen LogP contribution in [0.4, 0.5) is 5.69 Å². The van der Waals surface area contributed by atoms with Crippen molar-refractivity contribution in [2.75, 3.05) is 44.6 Å². The van der Waals surface area contributed by atoms with E-state index in [0.29, 0.717) is 30.5 Å². The first kappa shape index (κ1) is 37.4. The van der Waals surface area contributed by atoms with Gasteiger partial charge in [-0.15, -0.1) is 9.46 Å². The van der Waals surface area contributed by atoms with Crippen molar-refractivity contribution in [2.24, 2.45) is 29.2 Å². The first-order valence-corrected chi connectivity index (χ1v) is 20.2. The van der Waals surface area contributed by atoms with Crippen LogP contribution in [0.25, 0.3) is 0 Å². The molecule has 7 atom stereocenters. The topological polar surface area (TPSA) is 145 Å². The van der Waals surface area contributed by atoms with Crippen molar-refractivity contribution in [3.8, 4) is 11.6 Å². The largest absolute Gasteiger partial charge is 0.490 e. The Bertz CT molecular complexity index is 2070. The smallest absolute Gasteiger partial charge is 0.286 e. The zero-order chi connectivity index (χ0) is 37.7. The number of benzene rings is 2. The Hall–Kier alpha value is -3.91. The van der Waals surface area contributed by atoms with E-state index in [1.54, 1.807) is 52.3 Å². The SMILES string of the molecule is COc1nn(C)cc1C(=O)NS1(=O)=NC(=O)c2ccc3c(c2)N(C[C@@H]2CC[C@H]2[C@@H](OC)/C=C/[C@@](C)(O)[C@H](C)C1)C[C@@]1(CCCc2cc(Cl)ccc21)CO3. The summed E-state index contributed by atoms with van der Waals surface area (Å²) in [7, 11) is 0.856. The zero-order valence-corrected chi connectivity index (χ0v) is 32.4. The molecule has 1 unspecified atom stereocenters. The predicted octanol–water partition coefficient (Wildman–Crippen LogP) is 5.51. The van der Waals surface area contributed by atoms with E-state index in [1.165, 1.54) is 29.1 Å². The fourth-order valence-corrected chi connectivity index (χ4v) is 10.6. The van der Waals surface area contributed by atoms with Crippen LogP contribution in [0.1, 0.15) is 71.4 Å². The molecule has 3 heterocycles. The molecule has 284 valence electrons. The number of nitrogens with zero attached hydrogens (tertiary/aromatic N) is 4. The highest BCUT2D eigenvalue weighted by Gasteiger charge is 2.45. The minimum Gasteiger partial charge on any atom is -0.490 e. The number of carbonyl (C=O) groups is 2. The number of hydrogen-bond acceptors (Lipinski definition) is 9. The standard InChI is InChI=1S/C39H48ClN5O7S/c1-24-21-53(49,43-36(47)30-20-44(3)41-37(30)51-5)42-35(46)26-9-13-34-32(18-26)45(19-27-8-11-29(27)33(50-4)14-16-38(24,2)48)22-39(23-52-34)15-6-7-25-17-28(40)10-12-31(25)39/h9-10,12-14,16-18,20,24,27,29,33,48H,6-8,11,15,19,21-23H2,1-5H3,(H,42,43,46,47,49)/b16-14+/t24-,27+,29-,33+,38-,39+,53?/m1/s1. The number of methoxy groups -OCH3 is 2. The number of carbonyl (C=O) groups excluding carboxylic acids is 2. The molecule has 3 aromatic rings. The number of rotatable bonds is 4. The number of amides is 2. The number of halogens is 1. The van der Waals surface area contributed by atoms with Crippen LogP contribution in [-0.4, -0.2) is 82.3 Å². The third-order valence-electron chi connectivity index (χ3n) is 11.7. The molecule has 2 aromatic carbocycles. The number of ether oxygens (including phenoxy) is 3. The molecule has 7 rings (SSSR count). The molecule has 0 radical (unpaired) electrons. The average Bonchev–Trinajstić information content (AvgIpc) is 3.43. The molecule has 2 aliphatic heterocycles. The maximum atomic E-state index is 14.7. The second-order valence-corrected chi connectivity index (χ2v) is 17.8. The third-order valence-corrected chi connectivity index (χ3v) is 13.9. The van der Waals surface area contributed by atoms with Gasteiger partial charge in [0, 0.05) is 55.4 Å². The van der Waals surface area contributed by atoms with Gasteiger partial charge in [0.1, 0.15) is 21.2 Å². The van der Waals surface area contributed by atoms with Crippen LogP contribution in [0.2, 0.25) is 5.02 Å². The fourth-order valence-electron chi connectivity index (χ4n) is 8.40. The molecule has 1 spiro atoms. The van der Waals surface area contributed by atoms with Gasteiger partial charge < -0.3 is 24.2 Å². The summed E-state index contributed by atoms with van der Waals surface area (Å²) in [4.78, 5) is 30.0. The summed E-state index contributed by atoms with van der Waals surface area (Å²) in [6.45, 7) is 5.15. The van der Waals surface area contributed by atoms with Crippen molar-refractivity contribution in [2.45, 2.75) is 63.1 Å². The lowest BCUT2D eigenvalue weighted by molar-refractivity contribution is 0.0101. The van der Waals surface area contributed by atoms with Crippen LogP contribution in [0.15, 0.2) is 59.1 Å². The quantitative estimate of drug-likeness (QED) is 0.329. The molecule has 12 nitrogen and oxygen atoms in total. The van der Waals surface area contributed by atoms with E-state index in [2.05, 4.69) is 31.2 Å². The normalized spacial score (nSPS) is 31.9. The van der Waals surface area contributed by atoms with Crippen LogP contribution in [0.3, 0.4) is 0 Å². The second kappa shape index (κ2) is 14.4. The van der Waals surface area contributed by atoms with Gasteiger partial charge >= 0.3 is 0 Å². The van der Waals surface area contributed by atoms with E-state index in [9.17, 15) is 18.9 Å². The van der Waals surface area contributed by atoms with Gasteiger partial charge in [-0.2, -0.15) is 0 Å². The highest BCUT2D eigenvalue weighted by atomic mass is 35.5. The molecule has 4 aliphatic rings. The lowest BCUT2D eigenvalue weighted by Gasteiger charge is -2.46. The molecule has 0 saturated heterocycles. The summed E-state index contributed by atoms with van der Waals surface area (Å²) >= 11 is 6.46. The summed E-state index contributed by atoms with van der Waals surface area (Å²) in [5, 5.41) is 16.5. The Morgan fingerprint density at radius 2 is 2.00 bits per heavy atom. The number of nitrogens with one attached hydrogen (secondary N) is 1. The molecule has 2 amide bonds. The monoisotopic (exact) mass is 765 g/mol. The van der Waals surface area contributed by atoms with Gasteiger partial charge in [-0.05, 0) is 92.3 Å². The Labute approximate surface area is 316 Å². The predicted molar refractivity (Wildman–Crippen MR) is 203 cm³/mol. The molecular formula is C39H48ClN5O7S. The van der Waals surface area contributed by atoms with Crippen molar-refractivity contribution in [1.82, 2.24) is 14.5 Å². The number of anilines is 1. The fraction of sp³-hybridized carbons (Fsp3) is 0.513. The molecule has 1 fully saturated rings. The van der Waals surface area contributed by atoms with Gasteiger partial charge in [0.15, 0.2) is 0 Å². The van der Waals surface area contributed by atoms with Gasteiger partial charge in [-0.1, -0.05) is 36.7 Å². The first-order chi connectivity index (χ1) is 25.2. The van der Waals surface area contributed by atoms with Crippen LogP contribution in [-0.2, 0) is 33.5 Å². The maximum Gasteiger partial charge on any atom is 0.286 e. The van der Waals surface area contributed by atoms with Crippen LogP contribution in [0.5, 0.6) is 11.6 Å². The van der Waals surface area contributed by atoms with Crippen molar-refractivity contribution in [3.05, 3.63) is 82.0 Å². The lowest BCUT2D eigenvalue weighted by atomic mass is 9.68. The van der Waals surface area contributed by atoms with Gasteiger partial charge in [0.25, 0.3) is 11.8 Å². The number of aromatic nitrogens is 2. The average molecular weight is 766 g/mol. The number of hydrogen-bond donors (Lipinski definition) is 2. The Morgan fingerprint density at radius 1 is 1.19 bits per heavy atom. The van der Waals surface area contributed by atoms with Crippen molar-refractivity contribution in [3.63, 3.8) is 0 Å². The van der Waals surface area contributed by atoms with E-state index in [-0.39, 0.29) is 46.1 Å². The summed E-state index contributed by atoms with van der Waals surface area (Å²) in [6.07, 6.45) is 9.58. The molecule has 53 heavy (non-hydrogen) atoms. The summed E-state index contributed by atoms with van der Waals surface area (Å²) in [6, 6.07) is 11.3. The lowest BCUT2D eigenvalue weighted by Crippen LogP contribution is -2.49. The van der Waals surface area contributed by atoms with Crippen molar-refractivity contribution >= 4 is 39.0 Å². The van der Waals surface area contributed by atoms with Crippen molar-refractivity contribution < 1.29 is 33.1 Å². The van der Waals surface area contributed by atoms with E-state index < -0.39 is 33.2 Å². The highest BCUT2D eigenvalue weighted by Crippen LogP contribution is 2.47. The Kier molecular flexibility index (Phi) is 10.2. The first-order valence-electron chi connectivity index (χ1n) is 18.2. The molecule has 2 bridgehead atoms. The van der Waals surface area contributed by atoms with Crippen LogP contribution >= 0.6 is 11.6 Å². The zero-order valence-electron chi connectivity index (χ0n) is 30.8. The minimum atomic E-state index is -3.82. The molecule has 2 aliphatic carbocycles. The summed E-state index contributed by atoms with van der Waals surface area (Å²) in [5.41, 5.74) is 1.67. The van der Waals surface area contributed by atoms with Gasteiger partial charge in [-0.3, -0.25) is 19.0 Å². The van der Waals surface area contributed by atoms with Crippen LogP contribution in [0, 0.1) is 17.8 Å². The Balaban J connectivity index is 1.33. The summed E-state index contributed by atoms with van der Waals surface area (Å²) < 4.78 is 40.8. The number of aliphatic hydroxyl groups is 1. The van der Waals surface area contributed by atoms with Crippen LogP contribution < -0.4 is 19.1 Å². The summed E-state index contributed by atoms with van der Waals surface area (Å²) in [5.74, 6) is -1.41. The highest BCUT2D eigenvalue weighted by molar-refractivity contribution is 7.92. The van der Waals surface area contributed by atoms with Gasteiger partial charge in [0.2, 0.25) is 5.88 Å².